The SMILES string of the molecule is Cc1sc2c(c1C)C(c1ccc(N3CCC(O)(CN4CCN(c5ccccc5)CC4)CC3)cc1)=N[C@@H](C)c1nnc(C)n1-2.Fc1cccc(F)c1.Oc1ccc2c(c1)CCCC2. The second-order valence-corrected chi connectivity index (χ2v) is 18.2. The summed E-state index contributed by atoms with van der Waals surface area (Å²) in [5.74, 6) is 1.13. The first kappa shape index (κ1) is 43.2. The van der Waals surface area contributed by atoms with Gasteiger partial charge in [0.2, 0.25) is 0 Å². The van der Waals surface area contributed by atoms with Crippen LogP contribution in [-0.4, -0.2) is 87.0 Å². The van der Waals surface area contributed by atoms with Crippen LogP contribution >= 0.6 is 11.3 Å². The number of aromatic hydroxyl groups is 1. The Hall–Kier alpha value is -5.43. The number of hydrogen-bond donors (Lipinski definition) is 2. The summed E-state index contributed by atoms with van der Waals surface area (Å²) in [7, 11) is 0. The zero-order valence-electron chi connectivity index (χ0n) is 36.2. The molecule has 6 aromatic rings. The van der Waals surface area contributed by atoms with Gasteiger partial charge in [0.1, 0.15) is 34.3 Å². The molecule has 0 radical (unpaired) electrons. The van der Waals surface area contributed by atoms with Crippen LogP contribution in [0.3, 0.4) is 0 Å². The van der Waals surface area contributed by atoms with Gasteiger partial charge in [0.15, 0.2) is 5.82 Å². The molecule has 2 aromatic heterocycles. The molecule has 2 fully saturated rings. The van der Waals surface area contributed by atoms with Crippen LogP contribution in [0.15, 0.2) is 102 Å². The maximum atomic E-state index is 11.9. The minimum absolute atomic E-state index is 0.0868. The summed E-state index contributed by atoms with van der Waals surface area (Å²) in [5.41, 5.74) is 9.25. The summed E-state index contributed by atoms with van der Waals surface area (Å²) in [6.45, 7) is 15.0. The number of hydrogen-bond acceptors (Lipinski definition) is 9. The van der Waals surface area contributed by atoms with Crippen molar-refractivity contribution < 1.29 is 19.0 Å². The fourth-order valence-electron chi connectivity index (χ4n) is 9.05. The standard InChI is InChI=1S/C34H41N7OS.C10H12O.C6H4F2/c1-23-25(3)43-33-30(23)31(35-24(2)32-37-36-26(4)41(32)33)27-10-12-29(13-11-27)39-16-14-34(42,15-17-39)22-38-18-20-40(21-19-38)28-8-6-5-7-9-28;11-10-6-5-8-3-1-2-4-9(8)7-10;7-5-2-1-3-6(8)4-5/h5-13,24,42H,14-22H2,1-4H3;5-7,11H,1-4H2;1-4H/t24-;;/m0../s1. The molecule has 0 unspecified atom stereocenters. The Bertz CT molecular complexity index is 2470. The Morgan fingerprint density at radius 2 is 1.37 bits per heavy atom. The first-order valence-corrected chi connectivity index (χ1v) is 22.7. The highest BCUT2D eigenvalue weighted by Crippen LogP contribution is 2.39. The van der Waals surface area contributed by atoms with E-state index in [0.717, 1.165) is 99.1 Å². The lowest BCUT2D eigenvalue weighted by Crippen LogP contribution is -2.55. The molecular weight excluding hydrogens is 801 g/mol. The third-order valence-electron chi connectivity index (χ3n) is 12.7. The monoisotopic (exact) mass is 857 g/mol. The summed E-state index contributed by atoms with van der Waals surface area (Å²) < 4.78 is 26.0. The molecule has 2 N–H and O–H groups in total. The summed E-state index contributed by atoms with van der Waals surface area (Å²) in [4.78, 5) is 13.8. The number of benzene rings is 4. The Morgan fingerprint density at radius 1 is 0.726 bits per heavy atom. The fourth-order valence-corrected chi connectivity index (χ4v) is 10.3. The van der Waals surface area contributed by atoms with Gasteiger partial charge in [-0.25, -0.2) is 8.78 Å². The maximum absolute atomic E-state index is 11.9. The van der Waals surface area contributed by atoms with Crippen molar-refractivity contribution >= 4 is 28.4 Å². The number of aromatic nitrogens is 3. The van der Waals surface area contributed by atoms with Gasteiger partial charge in [-0.1, -0.05) is 42.5 Å². The average molecular weight is 858 g/mol. The van der Waals surface area contributed by atoms with Gasteiger partial charge in [-0.2, -0.15) is 0 Å². The molecule has 0 amide bonds. The van der Waals surface area contributed by atoms with E-state index >= 15 is 0 Å². The van der Waals surface area contributed by atoms with Crippen molar-refractivity contribution in [1.82, 2.24) is 19.7 Å². The number of fused-ring (bicyclic) bond motifs is 4. The van der Waals surface area contributed by atoms with Crippen LogP contribution in [0.5, 0.6) is 5.75 Å². The average Bonchev–Trinajstić information content (AvgIpc) is 3.77. The number of aliphatic hydroxyl groups is 1. The number of aryl methyl sites for hydroxylation is 4. The summed E-state index contributed by atoms with van der Waals surface area (Å²) in [6.07, 6.45) is 6.48. The van der Waals surface area contributed by atoms with Gasteiger partial charge < -0.3 is 20.0 Å². The maximum Gasteiger partial charge on any atom is 0.162 e. The Labute approximate surface area is 368 Å². The van der Waals surface area contributed by atoms with Gasteiger partial charge in [-0.15, -0.1) is 21.5 Å². The molecule has 0 spiro atoms. The Balaban J connectivity index is 0.000000227. The zero-order valence-corrected chi connectivity index (χ0v) is 37.0. The number of para-hydroxylation sites is 1. The molecule has 62 heavy (non-hydrogen) atoms. The number of aliphatic imine (C=N–C) groups is 1. The van der Waals surface area contributed by atoms with Gasteiger partial charge in [0.05, 0.1) is 11.3 Å². The van der Waals surface area contributed by atoms with Crippen LogP contribution in [0.4, 0.5) is 20.2 Å². The van der Waals surface area contributed by atoms with Crippen LogP contribution < -0.4 is 9.80 Å². The Kier molecular flexibility index (Phi) is 13.2. The Morgan fingerprint density at radius 3 is 2.03 bits per heavy atom. The summed E-state index contributed by atoms with van der Waals surface area (Å²) in [6, 6.07) is 29.7. The molecule has 12 heteroatoms. The van der Waals surface area contributed by atoms with Crippen molar-refractivity contribution in [2.75, 3.05) is 55.6 Å². The van der Waals surface area contributed by atoms with Crippen LogP contribution in [0.25, 0.3) is 5.00 Å². The second kappa shape index (κ2) is 18.9. The van der Waals surface area contributed by atoms with Gasteiger partial charge in [-0.05, 0) is 131 Å². The molecule has 3 aliphatic heterocycles. The zero-order chi connectivity index (χ0) is 43.4. The van der Waals surface area contributed by atoms with E-state index in [2.05, 4.69) is 105 Å². The van der Waals surface area contributed by atoms with Gasteiger partial charge in [-0.3, -0.25) is 14.5 Å². The fraction of sp³-hybridized carbons (Fsp3) is 0.380. The lowest BCUT2D eigenvalue weighted by atomic mass is 9.90. The van der Waals surface area contributed by atoms with Crippen LogP contribution in [0, 0.1) is 32.4 Å². The van der Waals surface area contributed by atoms with Crippen molar-refractivity contribution in [3.8, 4) is 10.8 Å². The van der Waals surface area contributed by atoms with Crippen LogP contribution in [0.2, 0.25) is 0 Å². The van der Waals surface area contributed by atoms with Gasteiger partial charge in [0.25, 0.3) is 0 Å². The molecule has 9 nitrogen and oxygen atoms in total. The number of anilines is 2. The largest absolute Gasteiger partial charge is 0.508 e. The lowest BCUT2D eigenvalue weighted by Gasteiger charge is -2.44. The van der Waals surface area contributed by atoms with Crippen LogP contribution in [0.1, 0.15) is 83.0 Å². The number of phenols is 1. The van der Waals surface area contributed by atoms with Crippen molar-refractivity contribution in [2.45, 2.75) is 77.9 Å². The minimum atomic E-state index is -0.626. The third kappa shape index (κ3) is 9.78. The van der Waals surface area contributed by atoms with Crippen molar-refractivity contribution in [2.24, 2.45) is 4.99 Å². The molecule has 1 atom stereocenters. The van der Waals surface area contributed by atoms with E-state index in [-0.39, 0.29) is 6.04 Å². The molecule has 0 bridgehead atoms. The quantitative estimate of drug-likeness (QED) is 0.179. The lowest BCUT2D eigenvalue weighted by molar-refractivity contribution is -0.0173. The number of piperazine rings is 1. The predicted octanol–water partition coefficient (Wildman–Crippen LogP) is 9.56. The van der Waals surface area contributed by atoms with Crippen molar-refractivity contribution in [3.63, 3.8) is 0 Å². The predicted molar refractivity (Wildman–Crippen MR) is 247 cm³/mol. The summed E-state index contributed by atoms with van der Waals surface area (Å²) >= 11 is 1.79. The number of piperidine rings is 1. The third-order valence-corrected chi connectivity index (χ3v) is 13.9. The van der Waals surface area contributed by atoms with Crippen molar-refractivity contribution in [1.29, 1.82) is 0 Å². The van der Waals surface area contributed by atoms with Crippen molar-refractivity contribution in [3.05, 3.63) is 153 Å². The molecule has 4 aliphatic rings. The number of β-amino-alcohol motifs (C(OH)–C–C–N with tert-alkyl or cyclic N) is 1. The topological polar surface area (TPSA) is 93.3 Å². The van der Waals surface area contributed by atoms with Gasteiger partial charge in [0, 0.05) is 79.3 Å². The first-order valence-electron chi connectivity index (χ1n) is 21.9. The number of halogens is 2. The van der Waals surface area contributed by atoms with Gasteiger partial charge >= 0.3 is 0 Å². The highest BCUT2D eigenvalue weighted by atomic mass is 32.1. The number of thiophene rings is 1. The summed E-state index contributed by atoms with van der Waals surface area (Å²) in [5, 5.41) is 30.7. The molecule has 2 saturated heterocycles. The number of nitrogens with zero attached hydrogens (tertiary/aromatic N) is 7. The molecule has 5 heterocycles. The second-order valence-electron chi connectivity index (χ2n) is 17.0. The molecule has 324 valence electrons. The molecular formula is C50H57F2N7O2S. The van der Waals surface area contributed by atoms with E-state index in [1.807, 2.05) is 19.1 Å². The van der Waals surface area contributed by atoms with E-state index in [1.165, 1.54) is 76.0 Å². The highest BCUT2D eigenvalue weighted by molar-refractivity contribution is 7.15. The van der Waals surface area contributed by atoms with E-state index in [0.29, 0.717) is 5.75 Å². The smallest absolute Gasteiger partial charge is 0.162 e. The minimum Gasteiger partial charge on any atom is -0.508 e. The molecule has 4 aromatic carbocycles. The number of rotatable bonds is 5. The van der Waals surface area contributed by atoms with E-state index < -0.39 is 17.2 Å². The van der Waals surface area contributed by atoms with E-state index in [1.54, 1.807) is 17.4 Å². The molecule has 1 aliphatic carbocycles. The molecule has 0 saturated carbocycles. The highest BCUT2D eigenvalue weighted by Gasteiger charge is 2.35. The molecule has 10 rings (SSSR count). The van der Waals surface area contributed by atoms with E-state index in [9.17, 15) is 19.0 Å². The normalized spacial score (nSPS) is 18.2. The van der Waals surface area contributed by atoms with Crippen LogP contribution in [-0.2, 0) is 12.8 Å². The first-order chi connectivity index (χ1) is 29.9. The van der Waals surface area contributed by atoms with E-state index in [4.69, 9.17) is 4.99 Å². The number of phenolic OH excluding ortho intramolecular Hbond substituents is 1.